The minimum absolute atomic E-state index is 0.0244. The zero-order valence-electron chi connectivity index (χ0n) is 8.60. The molecule has 1 nitrogen and oxygen atoms in total. The van der Waals surface area contributed by atoms with Crippen LogP contribution in [0.2, 0.25) is 15.1 Å². The number of Topliss-reactive ketones (excluding diaryl/α,β-unsaturated/α-hetero) is 1. The number of carbonyl (C=O) groups is 1. The van der Waals surface area contributed by atoms with Gasteiger partial charge in [0.05, 0.1) is 15.6 Å². The zero-order chi connectivity index (χ0) is 11.7. The molecule has 0 saturated heterocycles. The number of hydrogen-bond donors (Lipinski definition) is 0. The molecule has 0 heterocycles. The molecule has 0 bridgehead atoms. The molecule has 1 aromatic carbocycles. The fourth-order valence-corrected chi connectivity index (χ4v) is 2.90. The van der Waals surface area contributed by atoms with Crippen LogP contribution in [0.4, 0.5) is 0 Å². The highest BCUT2D eigenvalue weighted by Crippen LogP contribution is 2.34. The number of ketones is 1. The van der Waals surface area contributed by atoms with Gasteiger partial charge in [-0.3, -0.25) is 4.79 Å². The molecule has 4 heteroatoms. The minimum Gasteiger partial charge on any atom is -0.294 e. The average molecular weight is 278 g/mol. The highest BCUT2D eigenvalue weighted by molar-refractivity contribution is 6.42. The average Bonchev–Trinajstić information content (AvgIpc) is 2.09. The summed E-state index contributed by atoms with van der Waals surface area (Å²) in [6.45, 7) is 0. The number of benzene rings is 1. The zero-order valence-corrected chi connectivity index (χ0v) is 10.9. The van der Waals surface area contributed by atoms with Crippen LogP contribution >= 0.6 is 34.8 Å². The molecule has 0 unspecified atom stereocenters. The van der Waals surface area contributed by atoms with E-state index >= 15 is 0 Å². The van der Waals surface area contributed by atoms with Crippen molar-refractivity contribution in [2.24, 2.45) is 5.92 Å². The summed E-state index contributed by atoms with van der Waals surface area (Å²) in [5, 5.41) is 1.15. The van der Waals surface area contributed by atoms with E-state index in [9.17, 15) is 4.79 Å². The van der Waals surface area contributed by atoms with Crippen LogP contribution in [0.5, 0.6) is 0 Å². The first-order valence-electron chi connectivity index (χ1n) is 5.25. The molecular weight excluding hydrogens is 266 g/mol. The highest BCUT2D eigenvalue weighted by Gasteiger charge is 2.24. The molecule has 0 radical (unpaired) electrons. The molecule has 0 spiro atoms. The van der Waals surface area contributed by atoms with Crippen molar-refractivity contribution in [3.8, 4) is 0 Å². The number of rotatable bonds is 3. The van der Waals surface area contributed by atoms with Crippen LogP contribution in [0.25, 0.3) is 0 Å². The third-order valence-corrected chi connectivity index (χ3v) is 3.80. The predicted molar refractivity (Wildman–Crippen MR) is 67.8 cm³/mol. The Bertz CT molecular complexity index is 401. The van der Waals surface area contributed by atoms with Crippen molar-refractivity contribution < 1.29 is 4.79 Å². The van der Waals surface area contributed by atoms with Crippen LogP contribution in [0.1, 0.15) is 36.0 Å². The van der Waals surface area contributed by atoms with Crippen LogP contribution < -0.4 is 0 Å². The first-order chi connectivity index (χ1) is 7.58. The summed E-state index contributed by atoms with van der Waals surface area (Å²) in [5.74, 6) is 0.534. The Labute approximate surface area is 110 Å². The summed E-state index contributed by atoms with van der Waals surface area (Å²) in [7, 11) is 0. The van der Waals surface area contributed by atoms with Gasteiger partial charge in [-0.2, -0.15) is 0 Å². The van der Waals surface area contributed by atoms with Gasteiger partial charge in [0.2, 0.25) is 0 Å². The second-order valence-electron chi connectivity index (χ2n) is 4.17. The van der Waals surface area contributed by atoms with Gasteiger partial charge in [0, 0.05) is 11.4 Å². The first-order valence-corrected chi connectivity index (χ1v) is 6.39. The summed E-state index contributed by atoms with van der Waals surface area (Å²) in [4.78, 5) is 12.0. The third kappa shape index (κ3) is 2.53. The summed E-state index contributed by atoms with van der Waals surface area (Å²) in [6, 6.07) is 3.12. The fourth-order valence-electron chi connectivity index (χ4n) is 1.87. The van der Waals surface area contributed by atoms with Crippen molar-refractivity contribution >= 4 is 40.6 Å². The molecule has 0 amide bonds. The maximum atomic E-state index is 12.0. The quantitative estimate of drug-likeness (QED) is 0.709. The summed E-state index contributed by atoms with van der Waals surface area (Å²) in [6.07, 6.45) is 4.03. The van der Waals surface area contributed by atoms with E-state index in [2.05, 4.69) is 0 Å². The lowest BCUT2D eigenvalue weighted by atomic mass is 9.81. The van der Waals surface area contributed by atoms with Crippen molar-refractivity contribution in [3.63, 3.8) is 0 Å². The molecule has 1 aromatic rings. The Balaban J connectivity index is 2.21. The van der Waals surface area contributed by atoms with Crippen molar-refractivity contribution in [1.29, 1.82) is 0 Å². The topological polar surface area (TPSA) is 17.1 Å². The van der Waals surface area contributed by atoms with E-state index in [0.717, 1.165) is 12.8 Å². The monoisotopic (exact) mass is 276 g/mol. The second-order valence-corrected chi connectivity index (χ2v) is 5.42. The number of carbonyl (C=O) groups excluding carboxylic acids is 1. The molecule has 86 valence electrons. The Kier molecular flexibility index (Phi) is 3.78. The maximum Gasteiger partial charge on any atom is 0.166 e. The lowest BCUT2D eigenvalue weighted by molar-refractivity contribution is 0.0937. The SMILES string of the molecule is O=C(CC1CCC1)c1c(Cl)cc(Cl)cc1Cl. The van der Waals surface area contributed by atoms with E-state index in [0.29, 0.717) is 33.0 Å². The summed E-state index contributed by atoms with van der Waals surface area (Å²) < 4.78 is 0. The van der Waals surface area contributed by atoms with Crippen LogP contribution in [0, 0.1) is 5.92 Å². The first kappa shape index (κ1) is 12.2. The largest absolute Gasteiger partial charge is 0.294 e. The van der Waals surface area contributed by atoms with Gasteiger partial charge in [-0.25, -0.2) is 0 Å². The second kappa shape index (κ2) is 4.95. The van der Waals surface area contributed by atoms with Gasteiger partial charge in [-0.15, -0.1) is 0 Å². The maximum absolute atomic E-state index is 12.0. The highest BCUT2D eigenvalue weighted by atomic mass is 35.5. The Morgan fingerprint density at radius 3 is 2.19 bits per heavy atom. The molecule has 1 fully saturated rings. The van der Waals surface area contributed by atoms with Crippen molar-refractivity contribution in [2.45, 2.75) is 25.7 Å². The van der Waals surface area contributed by atoms with Gasteiger partial charge in [0.25, 0.3) is 0 Å². The van der Waals surface area contributed by atoms with Crippen LogP contribution in [0.15, 0.2) is 12.1 Å². The third-order valence-electron chi connectivity index (χ3n) is 2.98. The van der Waals surface area contributed by atoms with E-state index < -0.39 is 0 Å². The van der Waals surface area contributed by atoms with Gasteiger partial charge >= 0.3 is 0 Å². The molecule has 2 rings (SSSR count). The van der Waals surface area contributed by atoms with E-state index in [1.54, 1.807) is 12.1 Å². The molecule has 1 saturated carbocycles. The lowest BCUT2D eigenvalue weighted by Gasteiger charge is -2.24. The molecule has 0 atom stereocenters. The van der Waals surface area contributed by atoms with Crippen LogP contribution in [-0.2, 0) is 0 Å². The molecular formula is C12H11Cl3O. The standard InChI is InChI=1S/C12H11Cl3O/c13-8-5-9(14)12(10(15)6-8)11(16)4-7-2-1-3-7/h5-7H,1-4H2. The van der Waals surface area contributed by atoms with Crippen molar-refractivity contribution in [2.75, 3.05) is 0 Å². The van der Waals surface area contributed by atoms with Gasteiger partial charge < -0.3 is 0 Å². The summed E-state index contributed by atoms with van der Waals surface area (Å²) >= 11 is 17.8. The van der Waals surface area contributed by atoms with Crippen LogP contribution in [0.3, 0.4) is 0 Å². The van der Waals surface area contributed by atoms with Crippen molar-refractivity contribution in [1.82, 2.24) is 0 Å². The normalized spacial score (nSPS) is 15.9. The van der Waals surface area contributed by atoms with Gasteiger partial charge in [0.1, 0.15) is 0 Å². The lowest BCUT2D eigenvalue weighted by Crippen LogP contribution is -2.16. The van der Waals surface area contributed by atoms with E-state index in [1.165, 1.54) is 6.42 Å². The summed E-state index contributed by atoms with van der Waals surface area (Å²) in [5.41, 5.74) is 0.416. The van der Waals surface area contributed by atoms with E-state index in [-0.39, 0.29) is 5.78 Å². The molecule has 0 N–H and O–H groups in total. The molecule has 0 aromatic heterocycles. The van der Waals surface area contributed by atoms with E-state index in [4.69, 9.17) is 34.8 Å². The van der Waals surface area contributed by atoms with Gasteiger partial charge in [0.15, 0.2) is 5.78 Å². The van der Waals surface area contributed by atoms with Crippen molar-refractivity contribution in [3.05, 3.63) is 32.8 Å². The predicted octanol–water partition coefficient (Wildman–Crippen LogP) is 5.02. The minimum atomic E-state index is 0.0244. The van der Waals surface area contributed by atoms with Crippen LogP contribution in [-0.4, -0.2) is 5.78 Å². The Morgan fingerprint density at radius 1 is 1.19 bits per heavy atom. The fraction of sp³-hybridized carbons (Fsp3) is 0.417. The molecule has 16 heavy (non-hydrogen) atoms. The molecule has 1 aliphatic carbocycles. The molecule has 1 aliphatic rings. The number of hydrogen-bond acceptors (Lipinski definition) is 1. The number of halogens is 3. The van der Waals surface area contributed by atoms with E-state index in [1.807, 2.05) is 0 Å². The Morgan fingerprint density at radius 2 is 1.75 bits per heavy atom. The van der Waals surface area contributed by atoms with Gasteiger partial charge in [-0.05, 0) is 18.1 Å². The smallest absolute Gasteiger partial charge is 0.166 e. The molecule has 0 aliphatic heterocycles. The van der Waals surface area contributed by atoms with Gasteiger partial charge in [-0.1, -0.05) is 54.1 Å². The Hall–Kier alpha value is -0.240.